The fraction of sp³-hybridized carbons (Fsp3) is 0.286. The van der Waals surface area contributed by atoms with Crippen LogP contribution in [-0.2, 0) is 13.0 Å². The van der Waals surface area contributed by atoms with Crippen LogP contribution in [0, 0.1) is 0 Å². The van der Waals surface area contributed by atoms with Crippen molar-refractivity contribution in [2.24, 2.45) is 0 Å². The second-order valence-corrected chi connectivity index (χ2v) is 5.91. The summed E-state index contributed by atoms with van der Waals surface area (Å²) in [6.07, 6.45) is 4.17. The number of aromatic nitrogens is 1. The quantitative estimate of drug-likeness (QED) is 0.416. The highest BCUT2D eigenvalue weighted by atomic mass is 127. The van der Waals surface area contributed by atoms with Gasteiger partial charge in [0.05, 0.1) is 20.6 Å². The van der Waals surface area contributed by atoms with Crippen LogP contribution in [0.15, 0.2) is 54.7 Å². The van der Waals surface area contributed by atoms with Gasteiger partial charge in [0.2, 0.25) is 0 Å². The molecule has 0 aliphatic carbocycles. The van der Waals surface area contributed by atoms with E-state index in [1.54, 1.807) is 14.2 Å². The number of hydrogen-bond acceptors (Lipinski definition) is 2. The number of fused-ring (bicyclic) bond motifs is 1. The molecule has 0 saturated carbocycles. The summed E-state index contributed by atoms with van der Waals surface area (Å²) < 4.78 is 13.2. The molecular formula is C21H24INO2. The molecule has 0 fully saturated rings. The maximum absolute atomic E-state index is 5.45. The molecule has 4 heteroatoms. The van der Waals surface area contributed by atoms with E-state index in [0.29, 0.717) is 0 Å². The number of ether oxygens (including phenoxy) is 2. The van der Waals surface area contributed by atoms with Crippen molar-refractivity contribution >= 4 is 10.8 Å². The summed E-state index contributed by atoms with van der Waals surface area (Å²) in [5.74, 6) is 1.54. The average Bonchev–Trinajstić information content (AvgIpc) is 2.63. The summed E-state index contributed by atoms with van der Waals surface area (Å²) in [6.45, 7) is 3.23. The van der Waals surface area contributed by atoms with Gasteiger partial charge in [0.1, 0.15) is 6.54 Å². The van der Waals surface area contributed by atoms with Gasteiger partial charge in [-0.15, -0.1) is 0 Å². The van der Waals surface area contributed by atoms with Gasteiger partial charge >= 0.3 is 0 Å². The first-order valence-corrected chi connectivity index (χ1v) is 8.37. The number of aryl methyl sites for hydroxylation is 1. The van der Waals surface area contributed by atoms with Crippen molar-refractivity contribution in [1.82, 2.24) is 0 Å². The van der Waals surface area contributed by atoms with Crippen molar-refractivity contribution in [3.05, 3.63) is 66.0 Å². The molecule has 3 nitrogen and oxygen atoms in total. The largest absolute Gasteiger partial charge is 1.00 e. The molecule has 132 valence electrons. The Morgan fingerprint density at radius 3 is 2.40 bits per heavy atom. The molecule has 3 aromatic rings. The van der Waals surface area contributed by atoms with Crippen LogP contribution >= 0.6 is 0 Å². The van der Waals surface area contributed by atoms with E-state index in [9.17, 15) is 0 Å². The summed E-state index contributed by atoms with van der Waals surface area (Å²) in [6, 6.07) is 16.9. The second-order valence-electron chi connectivity index (χ2n) is 5.91. The topological polar surface area (TPSA) is 22.3 Å². The van der Waals surface area contributed by atoms with E-state index in [4.69, 9.17) is 9.47 Å². The molecule has 0 bridgehead atoms. The van der Waals surface area contributed by atoms with E-state index in [1.165, 1.54) is 22.0 Å². The van der Waals surface area contributed by atoms with Crippen LogP contribution in [0.4, 0.5) is 0 Å². The monoisotopic (exact) mass is 449 g/mol. The van der Waals surface area contributed by atoms with Crippen molar-refractivity contribution in [2.75, 3.05) is 14.2 Å². The van der Waals surface area contributed by atoms with E-state index in [2.05, 4.69) is 60.2 Å². The lowest BCUT2D eigenvalue weighted by atomic mass is 10.0. The Balaban J connectivity index is 0.00000225. The minimum absolute atomic E-state index is 0. The third-order valence-corrected chi connectivity index (χ3v) is 4.34. The zero-order valence-electron chi connectivity index (χ0n) is 15.0. The molecule has 0 unspecified atom stereocenters. The van der Waals surface area contributed by atoms with Crippen molar-refractivity contribution in [2.45, 2.75) is 26.3 Å². The standard InChI is InChI=1S/C21H24NO2.HI/c1-4-12-22-13-11-17-7-5-6-8-18(17)19(22)14-16-9-10-20(23-2)21(15-16)24-3;/h5-11,13,15H,4,12,14H2,1-3H3;1H/q+1;/p-1. The highest BCUT2D eigenvalue weighted by Crippen LogP contribution is 2.29. The Morgan fingerprint density at radius 1 is 0.920 bits per heavy atom. The molecule has 0 aliphatic heterocycles. The fourth-order valence-corrected chi connectivity index (χ4v) is 3.15. The molecule has 0 amide bonds. The van der Waals surface area contributed by atoms with Crippen LogP contribution in [0.3, 0.4) is 0 Å². The molecule has 1 aromatic heterocycles. The lowest BCUT2D eigenvalue weighted by Crippen LogP contribution is -3.00. The van der Waals surface area contributed by atoms with Crippen LogP contribution in [0.1, 0.15) is 24.6 Å². The van der Waals surface area contributed by atoms with E-state index in [-0.39, 0.29) is 24.0 Å². The molecule has 3 rings (SSSR count). The lowest BCUT2D eigenvalue weighted by Gasteiger charge is -2.11. The van der Waals surface area contributed by atoms with E-state index in [0.717, 1.165) is 30.9 Å². The van der Waals surface area contributed by atoms with Gasteiger partial charge in [0, 0.05) is 17.9 Å². The van der Waals surface area contributed by atoms with Gasteiger partial charge in [-0.3, -0.25) is 0 Å². The first kappa shape index (κ1) is 19.5. The van der Waals surface area contributed by atoms with Gasteiger partial charge in [-0.25, -0.2) is 4.57 Å². The molecule has 0 N–H and O–H groups in total. The second kappa shape index (κ2) is 9.04. The maximum atomic E-state index is 5.45. The van der Waals surface area contributed by atoms with Gasteiger partial charge in [0.25, 0.3) is 0 Å². The molecule has 0 spiro atoms. The lowest BCUT2D eigenvalue weighted by molar-refractivity contribution is -0.702. The van der Waals surface area contributed by atoms with Crippen LogP contribution in [0.5, 0.6) is 11.5 Å². The first-order chi connectivity index (χ1) is 11.8. The summed E-state index contributed by atoms with van der Waals surface area (Å²) in [4.78, 5) is 0. The molecule has 0 aliphatic rings. The number of pyridine rings is 1. The summed E-state index contributed by atoms with van der Waals surface area (Å²) in [5.41, 5.74) is 2.55. The zero-order chi connectivity index (χ0) is 16.9. The van der Waals surface area contributed by atoms with E-state index < -0.39 is 0 Å². The van der Waals surface area contributed by atoms with E-state index in [1.807, 2.05) is 6.07 Å². The first-order valence-electron chi connectivity index (χ1n) is 8.37. The Bertz CT molecular complexity index is 848. The number of hydrogen-bond donors (Lipinski definition) is 0. The van der Waals surface area contributed by atoms with Crippen molar-refractivity contribution in [3.63, 3.8) is 0 Å². The fourth-order valence-electron chi connectivity index (χ4n) is 3.15. The molecule has 25 heavy (non-hydrogen) atoms. The third-order valence-electron chi connectivity index (χ3n) is 4.34. The predicted octanol–water partition coefficient (Wildman–Crippen LogP) is 1.15. The van der Waals surface area contributed by atoms with Gasteiger partial charge in [-0.2, -0.15) is 0 Å². The number of nitrogens with zero attached hydrogens (tertiary/aromatic N) is 1. The van der Waals surface area contributed by atoms with Crippen molar-refractivity contribution in [3.8, 4) is 11.5 Å². The predicted molar refractivity (Wildman–Crippen MR) is 96.8 cm³/mol. The average molecular weight is 449 g/mol. The van der Waals surface area contributed by atoms with Crippen LogP contribution in [-0.4, -0.2) is 14.2 Å². The van der Waals surface area contributed by atoms with Gasteiger partial charge in [-0.05, 0) is 29.1 Å². The molecule has 0 atom stereocenters. The number of benzene rings is 2. The minimum atomic E-state index is 0. The highest BCUT2D eigenvalue weighted by molar-refractivity contribution is 5.83. The molecule has 0 saturated heterocycles. The number of halogens is 1. The van der Waals surface area contributed by atoms with E-state index >= 15 is 0 Å². The van der Waals surface area contributed by atoms with Crippen molar-refractivity contribution < 1.29 is 38.0 Å². The minimum Gasteiger partial charge on any atom is -1.00 e. The smallest absolute Gasteiger partial charge is 0.193 e. The zero-order valence-corrected chi connectivity index (χ0v) is 17.1. The van der Waals surface area contributed by atoms with Crippen LogP contribution in [0.25, 0.3) is 10.8 Å². The molecular weight excluding hydrogens is 425 g/mol. The third kappa shape index (κ3) is 4.24. The highest BCUT2D eigenvalue weighted by Gasteiger charge is 2.16. The Hall–Kier alpha value is -1.82. The van der Waals surface area contributed by atoms with Crippen molar-refractivity contribution in [1.29, 1.82) is 0 Å². The van der Waals surface area contributed by atoms with Gasteiger partial charge < -0.3 is 33.5 Å². The molecule has 0 radical (unpaired) electrons. The SMILES string of the molecule is CCC[n+]1ccc2ccccc2c1Cc1ccc(OC)c(OC)c1.[I-]. The summed E-state index contributed by atoms with van der Waals surface area (Å²) >= 11 is 0. The summed E-state index contributed by atoms with van der Waals surface area (Å²) in [7, 11) is 3.34. The van der Waals surface area contributed by atoms with Gasteiger partial charge in [-0.1, -0.05) is 31.2 Å². The van der Waals surface area contributed by atoms with Crippen LogP contribution in [0.2, 0.25) is 0 Å². The van der Waals surface area contributed by atoms with Crippen LogP contribution < -0.4 is 38.0 Å². The number of rotatable bonds is 6. The normalized spacial score (nSPS) is 10.4. The summed E-state index contributed by atoms with van der Waals surface area (Å²) in [5, 5.41) is 2.59. The Kier molecular flexibility index (Phi) is 7.05. The molecule has 2 aromatic carbocycles. The molecule has 1 heterocycles. The maximum Gasteiger partial charge on any atom is 0.193 e. The Morgan fingerprint density at radius 2 is 1.68 bits per heavy atom. The van der Waals surface area contributed by atoms with Gasteiger partial charge in [0.15, 0.2) is 23.4 Å². The number of methoxy groups -OCH3 is 2. The Labute approximate surface area is 166 Å².